The van der Waals surface area contributed by atoms with Crippen LogP contribution < -0.4 is 5.73 Å². The van der Waals surface area contributed by atoms with Crippen molar-refractivity contribution >= 4 is 11.2 Å². The molecule has 3 N–H and O–H groups in total. The van der Waals surface area contributed by atoms with E-state index in [4.69, 9.17) is 5.73 Å². The van der Waals surface area contributed by atoms with E-state index in [0.717, 1.165) is 11.2 Å². The predicted octanol–water partition coefficient (Wildman–Crippen LogP) is 1.01. The second kappa shape index (κ2) is 3.34. The van der Waals surface area contributed by atoms with Gasteiger partial charge in [0.2, 0.25) is 0 Å². The molecule has 2 aromatic rings. The number of H-pyrrole nitrogens is 1. The van der Waals surface area contributed by atoms with Crippen molar-refractivity contribution in [2.45, 2.75) is 19.9 Å². The zero-order chi connectivity index (χ0) is 10.1. The number of nitrogens with one attached hydrogen (secondary N) is 1. The third-order valence-corrected chi connectivity index (χ3v) is 2.29. The highest BCUT2D eigenvalue weighted by atomic mass is 15.0. The van der Waals surface area contributed by atoms with Gasteiger partial charge in [0, 0.05) is 0 Å². The van der Waals surface area contributed by atoms with Crippen LogP contribution in [0, 0.1) is 5.92 Å². The van der Waals surface area contributed by atoms with E-state index in [0.29, 0.717) is 11.6 Å². The molecule has 1 unspecified atom stereocenters. The van der Waals surface area contributed by atoms with Crippen molar-refractivity contribution in [1.29, 1.82) is 0 Å². The van der Waals surface area contributed by atoms with Crippen LogP contribution in [0.25, 0.3) is 11.2 Å². The van der Waals surface area contributed by atoms with Crippen LogP contribution in [-0.2, 0) is 0 Å². The molecule has 0 aromatic carbocycles. The molecule has 2 aromatic heterocycles. The molecule has 0 spiro atoms. The van der Waals surface area contributed by atoms with E-state index < -0.39 is 0 Å². The molecule has 0 radical (unpaired) electrons. The van der Waals surface area contributed by atoms with Gasteiger partial charge in [0.05, 0.1) is 18.1 Å². The minimum absolute atomic E-state index is 0.0825. The van der Waals surface area contributed by atoms with Crippen LogP contribution in [0.3, 0.4) is 0 Å². The van der Waals surface area contributed by atoms with Gasteiger partial charge < -0.3 is 10.7 Å². The van der Waals surface area contributed by atoms with Crippen molar-refractivity contribution < 1.29 is 0 Å². The molecular weight excluding hydrogens is 178 g/mol. The quantitative estimate of drug-likeness (QED) is 0.742. The molecule has 0 saturated heterocycles. The first-order valence-corrected chi connectivity index (χ1v) is 4.59. The predicted molar refractivity (Wildman–Crippen MR) is 53.5 cm³/mol. The molecule has 5 nitrogen and oxygen atoms in total. The molecule has 5 heteroatoms. The molecular formula is C9H13N5. The molecule has 0 bridgehead atoms. The lowest BCUT2D eigenvalue weighted by Crippen LogP contribution is -2.18. The SMILES string of the molecule is CC(C)C(N)c1ncnc2nc[nH]c12. The highest BCUT2D eigenvalue weighted by molar-refractivity contribution is 5.72. The fraction of sp³-hybridized carbons (Fsp3) is 0.444. The average molecular weight is 191 g/mol. The van der Waals surface area contributed by atoms with Gasteiger partial charge in [0.1, 0.15) is 11.8 Å². The Labute approximate surface area is 81.8 Å². The highest BCUT2D eigenvalue weighted by Crippen LogP contribution is 2.21. The topological polar surface area (TPSA) is 80.5 Å². The van der Waals surface area contributed by atoms with Gasteiger partial charge in [-0.2, -0.15) is 0 Å². The number of fused-ring (bicyclic) bond motifs is 1. The van der Waals surface area contributed by atoms with Gasteiger partial charge in [-0.05, 0) is 5.92 Å². The minimum Gasteiger partial charge on any atom is -0.342 e. The Kier molecular flexibility index (Phi) is 2.17. The van der Waals surface area contributed by atoms with E-state index in [2.05, 4.69) is 33.8 Å². The zero-order valence-corrected chi connectivity index (χ0v) is 8.23. The molecule has 14 heavy (non-hydrogen) atoms. The van der Waals surface area contributed by atoms with Crippen molar-refractivity contribution in [1.82, 2.24) is 19.9 Å². The second-order valence-electron chi connectivity index (χ2n) is 3.63. The smallest absolute Gasteiger partial charge is 0.180 e. The Hall–Kier alpha value is -1.49. The number of rotatable bonds is 2. The van der Waals surface area contributed by atoms with E-state index in [1.807, 2.05) is 0 Å². The van der Waals surface area contributed by atoms with Crippen LogP contribution in [0.1, 0.15) is 25.6 Å². The number of imidazole rings is 1. The maximum atomic E-state index is 6.02. The largest absolute Gasteiger partial charge is 0.342 e. The third-order valence-electron chi connectivity index (χ3n) is 2.29. The molecule has 0 aliphatic heterocycles. The summed E-state index contributed by atoms with van der Waals surface area (Å²) in [5.41, 5.74) is 8.37. The minimum atomic E-state index is -0.0825. The first kappa shape index (κ1) is 9.08. The van der Waals surface area contributed by atoms with Crippen LogP contribution in [0.15, 0.2) is 12.7 Å². The summed E-state index contributed by atoms with van der Waals surface area (Å²) in [5.74, 6) is 0.344. The Morgan fingerprint density at radius 1 is 1.29 bits per heavy atom. The second-order valence-corrected chi connectivity index (χ2v) is 3.63. The normalized spacial score (nSPS) is 13.7. The maximum Gasteiger partial charge on any atom is 0.180 e. The van der Waals surface area contributed by atoms with E-state index >= 15 is 0 Å². The lowest BCUT2D eigenvalue weighted by atomic mass is 10.0. The number of aromatic nitrogens is 4. The maximum absolute atomic E-state index is 6.02. The van der Waals surface area contributed by atoms with Gasteiger partial charge in [-0.3, -0.25) is 0 Å². The summed E-state index contributed by atoms with van der Waals surface area (Å²) in [5, 5.41) is 0. The summed E-state index contributed by atoms with van der Waals surface area (Å²) in [6.07, 6.45) is 3.11. The van der Waals surface area contributed by atoms with Crippen LogP contribution >= 0.6 is 0 Å². The Morgan fingerprint density at radius 2 is 2.07 bits per heavy atom. The first-order valence-electron chi connectivity index (χ1n) is 4.59. The number of nitrogens with zero attached hydrogens (tertiary/aromatic N) is 3. The summed E-state index contributed by atoms with van der Waals surface area (Å²) >= 11 is 0. The fourth-order valence-electron chi connectivity index (χ4n) is 1.35. The third kappa shape index (κ3) is 1.35. The van der Waals surface area contributed by atoms with Crippen molar-refractivity contribution in [3.8, 4) is 0 Å². The molecule has 0 aliphatic rings. The molecule has 2 rings (SSSR count). The molecule has 74 valence electrons. The van der Waals surface area contributed by atoms with E-state index in [-0.39, 0.29) is 6.04 Å². The molecule has 0 saturated carbocycles. The van der Waals surface area contributed by atoms with E-state index in [1.54, 1.807) is 6.33 Å². The van der Waals surface area contributed by atoms with E-state index in [9.17, 15) is 0 Å². The Bertz CT molecular complexity index is 433. The van der Waals surface area contributed by atoms with Crippen LogP contribution in [0.5, 0.6) is 0 Å². The number of hydrogen-bond acceptors (Lipinski definition) is 4. The Balaban J connectivity index is 2.56. The summed E-state index contributed by atoms with van der Waals surface area (Å²) in [4.78, 5) is 15.3. The summed E-state index contributed by atoms with van der Waals surface area (Å²) in [6, 6.07) is -0.0825. The van der Waals surface area contributed by atoms with Crippen molar-refractivity contribution in [2.24, 2.45) is 11.7 Å². The molecule has 0 amide bonds. The summed E-state index contributed by atoms with van der Waals surface area (Å²) < 4.78 is 0. The zero-order valence-electron chi connectivity index (χ0n) is 8.23. The highest BCUT2D eigenvalue weighted by Gasteiger charge is 2.16. The van der Waals surface area contributed by atoms with Gasteiger partial charge in [-0.15, -0.1) is 0 Å². The van der Waals surface area contributed by atoms with Gasteiger partial charge in [-0.1, -0.05) is 13.8 Å². The monoisotopic (exact) mass is 191 g/mol. The van der Waals surface area contributed by atoms with Crippen molar-refractivity contribution in [3.63, 3.8) is 0 Å². The summed E-state index contributed by atoms with van der Waals surface area (Å²) in [7, 11) is 0. The average Bonchev–Trinajstić information content (AvgIpc) is 2.63. The fourth-order valence-corrected chi connectivity index (χ4v) is 1.35. The number of nitrogens with two attached hydrogens (primary N) is 1. The van der Waals surface area contributed by atoms with Crippen LogP contribution in [0.4, 0.5) is 0 Å². The van der Waals surface area contributed by atoms with Gasteiger partial charge >= 0.3 is 0 Å². The lowest BCUT2D eigenvalue weighted by molar-refractivity contribution is 0.505. The first-order chi connectivity index (χ1) is 6.70. The molecule has 1 atom stereocenters. The van der Waals surface area contributed by atoms with Gasteiger partial charge in [0.15, 0.2) is 5.65 Å². The standard InChI is InChI=1S/C9H13N5/c1-5(2)6(10)7-8-9(13-3-11-7)14-4-12-8/h3-6H,10H2,1-2H3,(H,11,12,13,14). The van der Waals surface area contributed by atoms with Gasteiger partial charge in [-0.25, -0.2) is 15.0 Å². The van der Waals surface area contributed by atoms with Crippen LogP contribution in [-0.4, -0.2) is 19.9 Å². The summed E-state index contributed by atoms with van der Waals surface area (Å²) in [6.45, 7) is 4.13. The molecule has 2 heterocycles. The van der Waals surface area contributed by atoms with Crippen molar-refractivity contribution in [3.05, 3.63) is 18.3 Å². The van der Waals surface area contributed by atoms with Crippen molar-refractivity contribution in [2.75, 3.05) is 0 Å². The van der Waals surface area contributed by atoms with Crippen LogP contribution in [0.2, 0.25) is 0 Å². The lowest BCUT2D eigenvalue weighted by Gasteiger charge is -2.14. The Morgan fingerprint density at radius 3 is 2.79 bits per heavy atom. The number of aromatic amines is 1. The molecule has 0 fully saturated rings. The molecule has 0 aliphatic carbocycles. The number of hydrogen-bond donors (Lipinski definition) is 2. The van der Waals surface area contributed by atoms with Gasteiger partial charge in [0.25, 0.3) is 0 Å². The van der Waals surface area contributed by atoms with E-state index in [1.165, 1.54) is 6.33 Å².